The maximum Gasteiger partial charge on any atom is 0.0641 e. The molecule has 19 heavy (non-hydrogen) atoms. The summed E-state index contributed by atoms with van der Waals surface area (Å²) in [4.78, 5) is 0. The molecule has 0 bridgehead atoms. The van der Waals surface area contributed by atoms with Crippen LogP contribution in [0.2, 0.25) is 0 Å². The van der Waals surface area contributed by atoms with Gasteiger partial charge in [0.25, 0.3) is 0 Å². The third-order valence-corrected chi connectivity index (χ3v) is 4.99. The first-order valence-electron chi connectivity index (χ1n) is 7.04. The number of nitrogens with one attached hydrogen (secondary N) is 1. The fourth-order valence-electron chi connectivity index (χ4n) is 2.84. The molecule has 0 saturated heterocycles. The highest BCUT2D eigenvalue weighted by Crippen LogP contribution is 2.29. The van der Waals surface area contributed by atoms with Crippen LogP contribution < -0.4 is 5.32 Å². The van der Waals surface area contributed by atoms with Gasteiger partial charge < -0.3 is 5.32 Å². The largest absolute Gasteiger partial charge is 0.306 e. The molecule has 1 fully saturated rings. The molecular weight excluding hydrogens is 252 g/mol. The second kappa shape index (κ2) is 7.57. The summed E-state index contributed by atoms with van der Waals surface area (Å²) in [5, 5.41) is 13.5. The molecule has 1 aromatic carbocycles. The van der Waals surface area contributed by atoms with Crippen LogP contribution in [-0.4, -0.2) is 17.5 Å². The lowest BCUT2D eigenvalue weighted by Gasteiger charge is -2.31. The first-order valence-corrected chi connectivity index (χ1v) is 8.33. The molecule has 3 unspecified atom stereocenters. The monoisotopic (exact) mass is 274 g/mol. The Balaban J connectivity index is 1.99. The van der Waals surface area contributed by atoms with E-state index in [9.17, 15) is 0 Å². The fourth-order valence-corrected chi connectivity index (χ4v) is 3.67. The van der Waals surface area contributed by atoms with E-state index in [-0.39, 0.29) is 6.04 Å². The van der Waals surface area contributed by atoms with E-state index in [1.807, 2.05) is 30.0 Å². The van der Waals surface area contributed by atoms with E-state index in [1.165, 1.54) is 31.2 Å². The van der Waals surface area contributed by atoms with Crippen LogP contribution in [0.3, 0.4) is 0 Å². The lowest BCUT2D eigenvalue weighted by atomic mass is 9.93. The Bertz CT molecular complexity index is 413. The van der Waals surface area contributed by atoms with Crippen molar-refractivity contribution in [1.29, 1.82) is 5.26 Å². The van der Waals surface area contributed by atoms with E-state index in [2.05, 4.69) is 29.8 Å². The summed E-state index contributed by atoms with van der Waals surface area (Å²) in [6, 6.07) is 13.4. The second-order valence-electron chi connectivity index (χ2n) is 5.21. The van der Waals surface area contributed by atoms with E-state index in [0.717, 1.165) is 5.25 Å². The zero-order chi connectivity index (χ0) is 13.5. The molecule has 1 aromatic rings. The number of rotatable bonds is 5. The predicted molar refractivity (Wildman–Crippen MR) is 82.1 cm³/mol. The molecule has 0 aliphatic heterocycles. The van der Waals surface area contributed by atoms with Crippen molar-refractivity contribution in [2.45, 2.75) is 49.4 Å². The van der Waals surface area contributed by atoms with E-state index in [4.69, 9.17) is 5.26 Å². The summed E-state index contributed by atoms with van der Waals surface area (Å²) in [7, 11) is 0. The molecule has 3 atom stereocenters. The van der Waals surface area contributed by atoms with Gasteiger partial charge in [0.15, 0.2) is 0 Å². The van der Waals surface area contributed by atoms with Gasteiger partial charge in [-0.2, -0.15) is 17.0 Å². The van der Waals surface area contributed by atoms with Crippen LogP contribution in [0.1, 0.15) is 43.7 Å². The third kappa shape index (κ3) is 4.26. The van der Waals surface area contributed by atoms with Gasteiger partial charge in [0.1, 0.15) is 0 Å². The van der Waals surface area contributed by atoms with Crippen molar-refractivity contribution >= 4 is 11.8 Å². The Kier molecular flexibility index (Phi) is 5.75. The van der Waals surface area contributed by atoms with Crippen LogP contribution >= 0.6 is 11.8 Å². The number of thioether (sulfide) groups is 1. The van der Waals surface area contributed by atoms with Gasteiger partial charge in [0.05, 0.1) is 12.5 Å². The first kappa shape index (κ1) is 14.4. The second-order valence-corrected chi connectivity index (χ2v) is 6.35. The highest BCUT2D eigenvalue weighted by molar-refractivity contribution is 7.99. The van der Waals surface area contributed by atoms with Gasteiger partial charge in [-0.3, -0.25) is 0 Å². The molecule has 1 aliphatic carbocycles. The Morgan fingerprint density at radius 3 is 2.84 bits per heavy atom. The molecule has 0 spiro atoms. The molecule has 1 aliphatic rings. The van der Waals surface area contributed by atoms with Gasteiger partial charge in [-0.25, -0.2) is 0 Å². The minimum atomic E-state index is 0.178. The molecule has 0 radical (unpaired) electrons. The zero-order valence-corrected chi connectivity index (χ0v) is 12.3. The molecule has 1 N–H and O–H groups in total. The highest BCUT2D eigenvalue weighted by Gasteiger charge is 2.23. The molecule has 3 heteroatoms. The quantitative estimate of drug-likeness (QED) is 0.884. The molecule has 2 rings (SSSR count). The SMILES string of the molecule is CSC1CCCC(NC(CC#N)c2ccccc2)C1. The van der Waals surface area contributed by atoms with E-state index >= 15 is 0 Å². The highest BCUT2D eigenvalue weighted by atomic mass is 32.2. The van der Waals surface area contributed by atoms with Crippen molar-refractivity contribution in [1.82, 2.24) is 5.32 Å². The Morgan fingerprint density at radius 1 is 1.37 bits per heavy atom. The van der Waals surface area contributed by atoms with Gasteiger partial charge in [0, 0.05) is 17.3 Å². The third-order valence-electron chi connectivity index (χ3n) is 3.89. The van der Waals surface area contributed by atoms with E-state index in [0.29, 0.717) is 12.5 Å². The lowest BCUT2D eigenvalue weighted by Crippen LogP contribution is -2.37. The van der Waals surface area contributed by atoms with Crippen molar-refractivity contribution < 1.29 is 0 Å². The van der Waals surface area contributed by atoms with Crippen LogP contribution in [0.15, 0.2) is 30.3 Å². The normalized spacial score (nSPS) is 24.6. The molecule has 0 amide bonds. The van der Waals surface area contributed by atoms with Crippen LogP contribution in [-0.2, 0) is 0 Å². The molecule has 2 nitrogen and oxygen atoms in total. The van der Waals surface area contributed by atoms with Gasteiger partial charge in [-0.1, -0.05) is 36.8 Å². The molecule has 0 aromatic heterocycles. The summed E-state index contributed by atoms with van der Waals surface area (Å²) >= 11 is 1.98. The van der Waals surface area contributed by atoms with Crippen molar-refractivity contribution in [3.8, 4) is 6.07 Å². The number of nitrogens with zero attached hydrogens (tertiary/aromatic N) is 1. The van der Waals surface area contributed by atoms with Crippen LogP contribution in [0, 0.1) is 11.3 Å². The topological polar surface area (TPSA) is 35.8 Å². The summed E-state index contributed by atoms with van der Waals surface area (Å²) < 4.78 is 0. The summed E-state index contributed by atoms with van der Waals surface area (Å²) in [6.45, 7) is 0. The van der Waals surface area contributed by atoms with Gasteiger partial charge in [0.2, 0.25) is 0 Å². The Labute approximate surface area is 120 Å². The first-order chi connectivity index (χ1) is 9.33. The molecular formula is C16H22N2S. The van der Waals surface area contributed by atoms with Crippen molar-refractivity contribution in [3.63, 3.8) is 0 Å². The predicted octanol–water partition coefficient (Wildman–Crippen LogP) is 3.91. The molecule has 1 saturated carbocycles. The Hall–Kier alpha value is -0.980. The smallest absolute Gasteiger partial charge is 0.0641 e. The van der Waals surface area contributed by atoms with Gasteiger partial charge >= 0.3 is 0 Å². The number of nitriles is 1. The average molecular weight is 274 g/mol. The fraction of sp³-hybridized carbons (Fsp3) is 0.562. The maximum atomic E-state index is 9.03. The summed E-state index contributed by atoms with van der Waals surface area (Å²) in [5.74, 6) is 0. The van der Waals surface area contributed by atoms with Crippen LogP contribution in [0.4, 0.5) is 0 Å². The van der Waals surface area contributed by atoms with Crippen LogP contribution in [0.5, 0.6) is 0 Å². The molecule has 0 heterocycles. The van der Waals surface area contributed by atoms with Crippen molar-refractivity contribution in [3.05, 3.63) is 35.9 Å². The van der Waals surface area contributed by atoms with E-state index in [1.54, 1.807) is 0 Å². The van der Waals surface area contributed by atoms with E-state index < -0.39 is 0 Å². The summed E-state index contributed by atoms with van der Waals surface area (Å²) in [6.07, 6.45) is 7.87. The number of hydrogen-bond acceptors (Lipinski definition) is 3. The average Bonchev–Trinajstić information content (AvgIpc) is 2.48. The number of benzene rings is 1. The number of hydrogen-bond donors (Lipinski definition) is 1. The van der Waals surface area contributed by atoms with Gasteiger partial charge in [-0.15, -0.1) is 0 Å². The zero-order valence-electron chi connectivity index (χ0n) is 11.5. The minimum Gasteiger partial charge on any atom is -0.306 e. The maximum absolute atomic E-state index is 9.03. The minimum absolute atomic E-state index is 0.178. The van der Waals surface area contributed by atoms with Crippen LogP contribution in [0.25, 0.3) is 0 Å². The lowest BCUT2D eigenvalue weighted by molar-refractivity contribution is 0.345. The van der Waals surface area contributed by atoms with Gasteiger partial charge in [-0.05, 0) is 31.1 Å². The standard InChI is InChI=1S/C16H22N2S/c1-19-15-9-5-8-14(12-15)18-16(10-11-17)13-6-3-2-4-7-13/h2-4,6-7,14-16,18H,5,8-10,12H2,1H3. The molecule has 102 valence electrons. The summed E-state index contributed by atoms with van der Waals surface area (Å²) in [5.41, 5.74) is 1.23. The van der Waals surface area contributed by atoms with Crippen molar-refractivity contribution in [2.75, 3.05) is 6.26 Å². The Morgan fingerprint density at radius 2 is 2.16 bits per heavy atom. The van der Waals surface area contributed by atoms with Crippen molar-refractivity contribution in [2.24, 2.45) is 0 Å².